The first-order valence-corrected chi connectivity index (χ1v) is 5.68. The Balaban J connectivity index is 2.19. The number of imidazole rings is 1. The van der Waals surface area contributed by atoms with Gasteiger partial charge in [-0.3, -0.25) is 0 Å². The van der Waals surface area contributed by atoms with Crippen LogP contribution in [0.1, 0.15) is 0 Å². The van der Waals surface area contributed by atoms with Crippen LogP contribution in [0.2, 0.25) is 5.02 Å². The van der Waals surface area contributed by atoms with Gasteiger partial charge in [-0.2, -0.15) is 0 Å². The van der Waals surface area contributed by atoms with Crippen molar-refractivity contribution in [1.29, 1.82) is 0 Å². The first-order valence-electron chi connectivity index (χ1n) is 5.30. The van der Waals surface area contributed by atoms with Crippen LogP contribution < -0.4 is 11.5 Å². The molecule has 0 aliphatic carbocycles. The first kappa shape index (κ1) is 10.9. The smallest absolute Gasteiger partial charge is 0.180 e. The number of nitrogens with zero attached hydrogens (tertiary/aromatic N) is 2. The van der Waals surface area contributed by atoms with Crippen molar-refractivity contribution in [3.05, 3.63) is 35.4 Å². The molecule has 1 aromatic carbocycles. The summed E-state index contributed by atoms with van der Waals surface area (Å²) in [6.45, 7) is 0. The molecule has 0 saturated heterocycles. The molecule has 0 bridgehead atoms. The number of aromatic amines is 1. The second-order valence-electron chi connectivity index (χ2n) is 3.97. The highest BCUT2D eigenvalue weighted by atomic mass is 35.5. The van der Waals surface area contributed by atoms with Crippen LogP contribution in [0.4, 0.5) is 11.5 Å². The van der Waals surface area contributed by atoms with E-state index in [-0.39, 0.29) is 0 Å². The third kappa shape index (κ3) is 1.84. The lowest BCUT2D eigenvalue weighted by atomic mass is 10.2. The zero-order valence-corrected chi connectivity index (χ0v) is 10.1. The molecule has 0 atom stereocenters. The van der Waals surface area contributed by atoms with Gasteiger partial charge in [0.25, 0.3) is 0 Å². The van der Waals surface area contributed by atoms with E-state index < -0.39 is 0 Å². The summed E-state index contributed by atoms with van der Waals surface area (Å²) < 4.78 is 0. The number of halogens is 1. The largest absolute Gasteiger partial charge is 0.399 e. The van der Waals surface area contributed by atoms with Gasteiger partial charge in [0.1, 0.15) is 11.6 Å². The monoisotopic (exact) mass is 259 g/mol. The van der Waals surface area contributed by atoms with Gasteiger partial charge in [-0.05, 0) is 30.3 Å². The number of anilines is 2. The minimum Gasteiger partial charge on any atom is -0.399 e. The molecule has 0 fully saturated rings. The van der Waals surface area contributed by atoms with Gasteiger partial charge in [-0.15, -0.1) is 0 Å². The van der Waals surface area contributed by atoms with Crippen molar-refractivity contribution in [3.63, 3.8) is 0 Å². The number of nitrogen functional groups attached to an aromatic ring is 2. The summed E-state index contributed by atoms with van der Waals surface area (Å²) in [5.74, 6) is 1.10. The molecule has 3 rings (SSSR count). The van der Waals surface area contributed by atoms with Crippen LogP contribution in [0, 0.1) is 0 Å². The van der Waals surface area contributed by atoms with Gasteiger partial charge in [-0.25, -0.2) is 9.97 Å². The number of aromatic nitrogens is 3. The van der Waals surface area contributed by atoms with Crippen LogP contribution in [0.3, 0.4) is 0 Å². The Morgan fingerprint density at radius 1 is 1.06 bits per heavy atom. The molecular weight excluding hydrogens is 250 g/mol. The molecule has 0 saturated carbocycles. The van der Waals surface area contributed by atoms with Crippen molar-refractivity contribution in [2.75, 3.05) is 11.5 Å². The Morgan fingerprint density at radius 2 is 1.89 bits per heavy atom. The molecule has 0 aliphatic heterocycles. The molecule has 3 aromatic rings. The molecule has 0 aliphatic rings. The number of benzene rings is 1. The fourth-order valence-electron chi connectivity index (χ4n) is 1.79. The van der Waals surface area contributed by atoms with E-state index in [1.165, 1.54) is 0 Å². The molecule has 90 valence electrons. The Morgan fingerprint density at radius 3 is 2.67 bits per heavy atom. The molecule has 6 heteroatoms. The highest BCUT2D eigenvalue weighted by Gasteiger charge is 2.08. The lowest BCUT2D eigenvalue weighted by Crippen LogP contribution is -1.88. The molecule has 5 N–H and O–H groups in total. The summed E-state index contributed by atoms with van der Waals surface area (Å²) in [7, 11) is 0. The normalized spacial score (nSPS) is 10.9. The van der Waals surface area contributed by atoms with Gasteiger partial charge >= 0.3 is 0 Å². The molecule has 5 nitrogen and oxygen atoms in total. The maximum Gasteiger partial charge on any atom is 0.180 e. The third-order valence-electron chi connectivity index (χ3n) is 2.56. The Bertz CT molecular complexity index is 714. The number of nitrogens with two attached hydrogens (primary N) is 2. The fraction of sp³-hybridized carbons (Fsp3) is 0. The number of pyridine rings is 1. The van der Waals surface area contributed by atoms with Crippen molar-refractivity contribution in [1.82, 2.24) is 15.0 Å². The van der Waals surface area contributed by atoms with Gasteiger partial charge in [-0.1, -0.05) is 11.6 Å². The second kappa shape index (κ2) is 3.89. The molecule has 2 heterocycles. The summed E-state index contributed by atoms with van der Waals surface area (Å²) in [6.07, 6.45) is 0. The SMILES string of the molecule is Nc1cc(Cl)cc(-c2nc3nc(N)ccc3[nH]2)c1. The first-order chi connectivity index (χ1) is 8.61. The minimum absolute atomic E-state index is 0.436. The number of nitrogens with one attached hydrogen (secondary N) is 1. The van der Waals surface area contributed by atoms with E-state index in [0.29, 0.717) is 28.0 Å². The summed E-state index contributed by atoms with van der Waals surface area (Å²) in [4.78, 5) is 11.7. The van der Waals surface area contributed by atoms with Crippen LogP contribution in [-0.4, -0.2) is 15.0 Å². The van der Waals surface area contributed by atoms with Gasteiger partial charge in [0.15, 0.2) is 5.65 Å². The van der Waals surface area contributed by atoms with E-state index >= 15 is 0 Å². The lowest BCUT2D eigenvalue weighted by molar-refractivity contribution is 1.30. The minimum atomic E-state index is 0.436. The Kier molecular flexibility index (Phi) is 2.34. The van der Waals surface area contributed by atoms with Crippen LogP contribution in [0.15, 0.2) is 30.3 Å². The average Bonchev–Trinajstić information content (AvgIpc) is 2.70. The molecule has 0 unspecified atom stereocenters. The van der Waals surface area contributed by atoms with E-state index in [9.17, 15) is 0 Å². The zero-order valence-electron chi connectivity index (χ0n) is 9.31. The van der Waals surface area contributed by atoms with Crippen LogP contribution in [0.25, 0.3) is 22.6 Å². The number of H-pyrrole nitrogens is 1. The highest BCUT2D eigenvalue weighted by Crippen LogP contribution is 2.25. The van der Waals surface area contributed by atoms with E-state index in [4.69, 9.17) is 23.1 Å². The molecule has 0 spiro atoms. The maximum atomic E-state index is 5.97. The number of fused-ring (bicyclic) bond motifs is 1. The summed E-state index contributed by atoms with van der Waals surface area (Å²) in [5.41, 5.74) is 14.2. The second-order valence-corrected chi connectivity index (χ2v) is 4.40. The quantitative estimate of drug-likeness (QED) is 0.585. The van der Waals surface area contributed by atoms with Crippen molar-refractivity contribution in [3.8, 4) is 11.4 Å². The van der Waals surface area contributed by atoms with Gasteiger partial charge in [0.05, 0.1) is 5.52 Å². The maximum absolute atomic E-state index is 5.97. The Labute approximate surface area is 108 Å². The molecular formula is C12H10ClN5. The van der Waals surface area contributed by atoms with Crippen molar-refractivity contribution in [2.45, 2.75) is 0 Å². The zero-order chi connectivity index (χ0) is 12.7. The fourth-order valence-corrected chi connectivity index (χ4v) is 2.04. The molecule has 0 radical (unpaired) electrons. The van der Waals surface area contributed by atoms with Crippen molar-refractivity contribution in [2.24, 2.45) is 0 Å². The van der Waals surface area contributed by atoms with E-state index in [1.54, 1.807) is 24.3 Å². The molecule has 0 amide bonds. The van der Waals surface area contributed by atoms with E-state index in [2.05, 4.69) is 15.0 Å². The summed E-state index contributed by atoms with van der Waals surface area (Å²) in [6, 6.07) is 8.83. The van der Waals surface area contributed by atoms with Gasteiger partial charge in [0, 0.05) is 16.3 Å². The highest BCUT2D eigenvalue weighted by molar-refractivity contribution is 6.31. The molecule has 2 aromatic heterocycles. The van der Waals surface area contributed by atoms with Crippen molar-refractivity contribution >= 4 is 34.3 Å². The van der Waals surface area contributed by atoms with Gasteiger partial charge in [0.2, 0.25) is 0 Å². The number of rotatable bonds is 1. The van der Waals surface area contributed by atoms with E-state index in [1.807, 2.05) is 6.07 Å². The predicted octanol–water partition coefficient (Wildman–Crippen LogP) is 2.44. The topological polar surface area (TPSA) is 93.6 Å². The lowest BCUT2D eigenvalue weighted by Gasteiger charge is -1.99. The summed E-state index contributed by atoms with van der Waals surface area (Å²) >= 11 is 5.97. The van der Waals surface area contributed by atoms with Crippen LogP contribution in [-0.2, 0) is 0 Å². The Hall–Kier alpha value is -2.27. The third-order valence-corrected chi connectivity index (χ3v) is 2.78. The molecule has 18 heavy (non-hydrogen) atoms. The van der Waals surface area contributed by atoms with E-state index in [0.717, 1.165) is 11.1 Å². The standard InChI is InChI=1S/C12H10ClN5/c13-7-3-6(4-8(14)5-7)11-16-9-1-2-10(15)17-12(9)18-11/h1-5H,14H2,(H3,15,16,17,18). The predicted molar refractivity (Wildman–Crippen MR) is 73.2 cm³/mol. The average molecular weight is 260 g/mol. The number of hydrogen-bond donors (Lipinski definition) is 3. The van der Waals surface area contributed by atoms with Crippen LogP contribution >= 0.6 is 11.6 Å². The summed E-state index contributed by atoms with van der Waals surface area (Å²) in [5, 5.41) is 0.568. The van der Waals surface area contributed by atoms with Crippen molar-refractivity contribution < 1.29 is 0 Å². The van der Waals surface area contributed by atoms with Crippen LogP contribution in [0.5, 0.6) is 0 Å². The number of hydrogen-bond acceptors (Lipinski definition) is 4. The van der Waals surface area contributed by atoms with Gasteiger partial charge < -0.3 is 16.5 Å².